The normalized spacial score (nSPS) is 49.6. The summed E-state index contributed by atoms with van der Waals surface area (Å²) in [4.78, 5) is 65.8. The lowest BCUT2D eigenvalue weighted by Gasteiger charge is -2.53. The quantitative estimate of drug-likeness (QED) is 0.0273. The Labute approximate surface area is 832 Å². The molecule has 0 aliphatic carbocycles. The van der Waals surface area contributed by atoms with E-state index >= 15 is 0 Å². The van der Waals surface area contributed by atoms with Crippen molar-refractivity contribution in [3.8, 4) is 0 Å². The zero-order valence-corrected chi connectivity index (χ0v) is 79.2. The summed E-state index contributed by atoms with van der Waals surface area (Å²) in [7, 11) is 0. The molecule has 850 valence electrons. The Morgan fingerprint density at radius 1 is 0.190 bits per heavy atom. The third kappa shape index (κ3) is 26.7. The molecule has 0 aromatic carbocycles. The average molecular weight is 2150 g/mol. The molecule has 12 aliphatic heterocycles. The highest BCUT2D eigenvalue weighted by atomic mass is 16.8. The van der Waals surface area contributed by atoms with E-state index in [0.717, 1.165) is 34.6 Å². The topological polar surface area (TPSA) is 1010 Å². The van der Waals surface area contributed by atoms with Gasteiger partial charge in [-0.05, 0) is 6.92 Å². The van der Waals surface area contributed by atoms with Gasteiger partial charge in [0.05, 0.1) is 78.8 Å². The lowest BCUT2D eigenvalue weighted by molar-refractivity contribution is -0.407. The van der Waals surface area contributed by atoms with Crippen LogP contribution < -0.4 is 26.6 Å². The first-order chi connectivity index (χ1) is 69.6. The van der Waals surface area contributed by atoms with Crippen molar-refractivity contribution < 1.29 is 296 Å². The molecule has 0 aromatic rings. The van der Waals surface area contributed by atoms with E-state index in [1.165, 1.54) is 6.92 Å². The zero-order valence-electron chi connectivity index (χ0n) is 79.2. The number of aliphatic hydroxyl groups is 32. The van der Waals surface area contributed by atoms with Gasteiger partial charge in [0, 0.05) is 34.6 Å². The van der Waals surface area contributed by atoms with E-state index in [0.29, 0.717) is 0 Å². The van der Waals surface area contributed by atoms with Crippen molar-refractivity contribution in [1.29, 1.82) is 0 Å². The molecule has 0 unspecified atom stereocenters. The second-order valence-electron chi connectivity index (χ2n) is 37.3. The molecule has 65 heteroatoms. The third-order valence-electron chi connectivity index (χ3n) is 27.1. The molecule has 12 heterocycles. The molecule has 0 radical (unpaired) electrons. The Bertz CT molecular complexity index is 4110. The molecule has 12 fully saturated rings. The number of aliphatic hydroxyl groups excluding tert-OH is 32. The van der Waals surface area contributed by atoms with Crippen LogP contribution >= 0.6 is 0 Å². The minimum absolute atomic E-state index is 0.833. The summed E-state index contributed by atoms with van der Waals surface area (Å²) in [6.07, 6.45) is -120. The first-order valence-electron chi connectivity index (χ1n) is 47.0. The van der Waals surface area contributed by atoms with E-state index < -0.39 is 470 Å². The zero-order chi connectivity index (χ0) is 108. The van der Waals surface area contributed by atoms with Crippen molar-refractivity contribution in [2.75, 3.05) is 72.7 Å². The number of carbonyl (C=O) groups is 5. The van der Waals surface area contributed by atoms with Crippen LogP contribution in [0, 0.1) is 0 Å². The number of rotatable bonds is 38. The summed E-state index contributed by atoms with van der Waals surface area (Å²) in [5.41, 5.74) is 0. The maximum Gasteiger partial charge on any atom is 0.217 e. The summed E-state index contributed by atoms with van der Waals surface area (Å²) in [5.74, 6) is -4.96. The number of hydrogen-bond donors (Lipinski definition) is 37. The van der Waals surface area contributed by atoms with Crippen LogP contribution in [-0.4, -0.2) is 634 Å². The summed E-state index contributed by atoms with van der Waals surface area (Å²) < 4.78 is 139. The van der Waals surface area contributed by atoms with E-state index in [1.54, 1.807) is 0 Å². The number of ether oxygens (including phenoxy) is 23. The second-order valence-corrected chi connectivity index (χ2v) is 37.3. The first-order valence-corrected chi connectivity index (χ1v) is 47.0. The van der Waals surface area contributed by atoms with Crippen LogP contribution in [0.1, 0.15) is 41.5 Å². The molecule has 0 aromatic heterocycles. The minimum Gasteiger partial charge on any atom is -0.394 e. The molecule has 0 saturated carbocycles. The Hall–Kier alpha value is -4.85. The van der Waals surface area contributed by atoms with Crippen LogP contribution in [0.25, 0.3) is 0 Å². The van der Waals surface area contributed by atoms with E-state index in [1.807, 2.05) is 0 Å². The van der Waals surface area contributed by atoms with Gasteiger partial charge in [-0.15, -0.1) is 0 Å². The summed E-state index contributed by atoms with van der Waals surface area (Å²) in [6.45, 7) is -7.45. The van der Waals surface area contributed by atoms with Crippen molar-refractivity contribution >= 4 is 29.5 Å². The molecular formula is C82H137N5O60. The highest BCUT2D eigenvalue weighted by Gasteiger charge is 2.65. The SMILES string of the molecule is CC(=O)N[C@@H]1[C@@H](O)[C@H](O[C@@H]2O[C@H](CO)[C@@H](O[C@@H]3O[C@H](CO[C@H]4O[C@H](CO)[C@@H](O[C@@H]5O[C@H](CO)[C@@H](O[C@@H]6O[C@H](CO)[C@H](O)[C@H](O)[C@H]6O)[C@H](O)[C@H]5NC(C)=O)[C@H](O)[C@@H]4O)[C@@H](O)[C@H](O[C@H]4O[C@H](CO)[C@@H](O[C@@H]5O[C@H](CO)[C@@H](O[C@@H]6O[C@H](CO)[C@H](O)[C@H](O)[C@H]6O)[C@H](O[C@@H]6O[C@@H](C)[C@@H](O)[C@@H](O)[C@@H]6O)[C@H]5NC(C)=O)[C@H](O[C@@H]5O[C@H](CO)[C@@H](O[C@@H]6O[C@H](CO)[C@H](O)[C@H](O)[C@H]6O)[C@H](O)[C@H]5NC(C)=O)[C@@H]4O)[C@@H]3O)[C@H](O)[C@H]2NC(C)=O)[C@@H](CO)O[C@H]1O. The summed E-state index contributed by atoms with van der Waals surface area (Å²) in [5, 5.41) is 374. The Kier molecular flexibility index (Phi) is 43.4. The fraction of sp³-hybridized carbons (Fsp3) is 0.939. The largest absolute Gasteiger partial charge is 0.394 e. The molecule has 65 nitrogen and oxygen atoms in total. The number of nitrogens with one attached hydrogen (secondary N) is 5. The lowest BCUT2D eigenvalue weighted by atomic mass is 9.93. The maximum absolute atomic E-state index is 13.9. The third-order valence-corrected chi connectivity index (χ3v) is 27.1. The molecule has 5 amide bonds. The minimum atomic E-state index is -2.85. The second kappa shape index (κ2) is 52.8. The van der Waals surface area contributed by atoms with Crippen molar-refractivity contribution in [3.63, 3.8) is 0 Å². The van der Waals surface area contributed by atoms with E-state index in [-0.39, 0.29) is 0 Å². The molecule has 0 spiro atoms. The fourth-order valence-electron chi connectivity index (χ4n) is 19.3. The van der Waals surface area contributed by atoms with Crippen molar-refractivity contribution in [2.45, 2.75) is 410 Å². The van der Waals surface area contributed by atoms with Crippen molar-refractivity contribution in [3.05, 3.63) is 0 Å². The van der Waals surface area contributed by atoms with Crippen LogP contribution in [0.4, 0.5) is 0 Å². The van der Waals surface area contributed by atoms with Gasteiger partial charge in [-0.25, -0.2) is 0 Å². The predicted octanol–water partition coefficient (Wildman–Crippen LogP) is -25.4. The highest BCUT2D eigenvalue weighted by Crippen LogP contribution is 2.44. The van der Waals surface area contributed by atoms with Crippen molar-refractivity contribution in [2.24, 2.45) is 0 Å². The molecular weight excluding hydrogens is 2010 g/mol. The predicted molar refractivity (Wildman–Crippen MR) is 452 cm³/mol. The van der Waals surface area contributed by atoms with E-state index in [9.17, 15) is 187 Å². The smallest absolute Gasteiger partial charge is 0.217 e. The van der Waals surface area contributed by atoms with E-state index in [4.69, 9.17) is 109 Å². The Balaban J connectivity index is 0.915. The molecule has 60 atom stereocenters. The van der Waals surface area contributed by atoms with Crippen LogP contribution in [0.2, 0.25) is 0 Å². The summed E-state index contributed by atoms with van der Waals surface area (Å²) in [6, 6.07) is -9.98. The monoisotopic (exact) mass is 2150 g/mol. The van der Waals surface area contributed by atoms with Gasteiger partial charge in [0.2, 0.25) is 29.5 Å². The van der Waals surface area contributed by atoms with Gasteiger partial charge in [-0.3, -0.25) is 24.0 Å². The summed E-state index contributed by atoms with van der Waals surface area (Å²) >= 11 is 0. The Morgan fingerprint density at radius 2 is 0.415 bits per heavy atom. The molecule has 37 N–H and O–H groups in total. The van der Waals surface area contributed by atoms with Crippen LogP contribution in [0.5, 0.6) is 0 Å². The number of carbonyl (C=O) groups excluding carboxylic acids is 5. The van der Waals surface area contributed by atoms with Gasteiger partial charge in [-0.1, -0.05) is 0 Å². The number of hydrogen-bond acceptors (Lipinski definition) is 60. The highest BCUT2D eigenvalue weighted by molar-refractivity contribution is 5.75. The average Bonchev–Trinajstić information content (AvgIpc) is 0.756. The van der Waals surface area contributed by atoms with Crippen LogP contribution in [0.3, 0.4) is 0 Å². The number of amides is 5. The fourth-order valence-corrected chi connectivity index (χ4v) is 19.3. The molecule has 12 aliphatic rings. The molecule has 12 rings (SSSR count). The van der Waals surface area contributed by atoms with Gasteiger partial charge in [0.25, 0.3) is 0 Å². The standard InChI is InChI=1S/C82H137N5O60/c1-18-40(103)49(112)54(117)77(126-18)145-68-39(87-23(6)102)75(134-32(15-96)66(68)144-80-57(120)52(115)43(106)26(9-90)130-80)143-67-33(16-97)136-82(60(123)70(67)147-74-38(86-22(5)101)48(111)63(29(12-93)133-74)141-79-56(119)51(114)42(105)25(8-89)129-79)146-69-44(107)34(137-81(59(69)122)142-64-30(13-94)131-72(36(47(64)110)84-20(3)99)138-61-27(10-91)127-71(124)35(45(61)108)83-19(2)98)17-125-76-58(121)53(116)65(31(14-95)135-76)139-73-37(85-21(4)100)46(109)62(28(11-92)132-73)140-78-55(118)50(113)41(104)24(7-88)128-78/h18,24-82,88-97,103-124H,7-17H2,1-6H3,(H,83,98)(H,84,99)(H,85,100)(H,86,101)(H,87,102)/t18-,24+,25+,26+,27+,28+,29+,30+,31+,32+,33+,34+,35+,36+,37+,38+,39+,40+,41-,42-,43-,44+,45+,46+,47+,48+,49+,50-,51-,52-,53+,54-,55+,56+,57+,58-,59-,60-,61+,62+,63+,64+,65+,66+,67+,68+,69-,70+,71+,72-,73-,74-,75-,76-,77-,78-,79-,80-,81-,82+/m0/s1. The molecule has 12 saturated heterocycles. The van der Waals surface area contributed by atoms with Crippen LogP contribution in [-0.2, 0) is 133 Å². The maximum atomic E-state index is 13.9. The van der Waals surface area contributed by atoms with Gasteiger partial charge in [0.1, 0.15) is 287 Å². The Morgan fingerprint density at radius 3 is 0.782 bits per heavy atom. The lowest BCUT2D eigenvalue weighted by Crippen LogP contribution is -2.72. The first kappa shape index (κ1) is 121. The van der Waals surface area contributed by atoms with Gasteiger partial charge in [-0.2, -0.15) is 0 Å². The molecule has 147 heavy (non-hydrogen) atoms. The van der Waals surface area contributed by atoms with Gasteiger partial charge in [0.15, 0.2) is 75.5 Å². The molecule has 0 bridgehead atoms. The van der Waals surface area contributed by atoms with Crippen molar-refractivity contribution in [1.82, 2.24) is 26.6 Å². The van der Waals surface area contributed by atoms with E-state index in [2.05, 4.69) is 26.6 Å². The van der Waals surface area contributed by atoms with Gasteiger partial charge >= 0.3 is 0 Å². The van der Waals surface area contributed by atoms with Crippen LogP contribution in [0.15, 0.2) is 0 Å². The van der Waals surface area contributed by atoms with Gasteiger partial charge < -0.3 is 299 Å².